The molecule has 0 aromatic heterocycles. The zero-order valence-corrected chi connectivity index (χ0v) is 14.3. The van der Waals surface area contributed by atoms with E-state index < -0.39 is 0 Å². The number of hydrogen-bond donors (Lipinski definition) is 1. The van der Waals surface area contributed by atoms with Crippen LogP contribution >= 0.6 is 22.6 Å². The van der Waals surface area contributed by atoms with Gasteiger partial charge in [0.25, 0.3) is 0 Å². The van der Waals surface area contributed by atoms with Crippen LogP contribution in [0.2, 0.25) is 0 Å². The Morgan fingerprint density at radius 2 is 2.00 bits per heavy atom. The van der Waals surface area contributed by atoms with Crippen molar-refractivity contribution >= 4 is 28.8 Å². The van der Waals surface area contributed by atoms with Crippen LogP contribution < -0.4 is 4.74 Å². The Labute approximate surface area is 134 Å². The summed E-state index contributed by atoms with van der Waals surface area (Å²) in [7, 11) is 1.56. The molecule has 0 saturated carbocycles. The Morgan fingerprint density at radius 1 is 1.35 bits per heavy atom. The predicted octanol–water partition coefficient (Wildman–Crippen LogP) is 3.60. The molecule has 5 heteroatoms. The number of phenolic OH excluding ortho intramolecular Hbond substituents is 1. The minimum Gasteiger partial charge on any atom is -0.504 e. The largest absolute Gasteiger partial charge is 0.504 e. The first-order valence-corrected chi connectivity index (χ1v) is 7.99. The Balaban J connectivity index is 2.20. The highest BCUT2D eigenvalue weighted by Gasteiger charge is 2.22. The molecule has 1 aliphatic heterocycles. The second-order valence-corrected chi connectivity index (χ2v) is 6.47. The van der Waals surface area contributed by atoms with Gasteiger partial charge in [-0.15, -0.1) is 0 Å². The lowest BCUT2D eigenvalue weighted by atomic mass is 10.00. The highest BCUT2D eigenvalue weighted by Crippen LogP contribution is 2.32. The van der Waals surface area contributed by atoms with E-state index in [1.165, 1.54) is 19.3 Å². The molecule has 1 aliphatic rings. The summed E-state index contributed by atoms with van der Waals surface area (Å²) in [5.74, 6) is 0.669. The standard InChI is InChI=1S/C15H21IN2O2/c1-10-5-4-6-11(2)18(10)17-9-12-7-13(16)15(19)14(8-12)20-3/h7-11,19H,4-6H2,1-3H3/b17-9+/t10-,11-/m1/s1. The highest BCUT2D eigenvalue weighted by atomic mass is 127. The number of halogens is 1. The van der Waals surface area contributed by atoms with Crippen molar-refractivity contribution in [2.75, 3.05) is 7.11 Å². The number of methoxy groups -OCH3 is 1. The van der Waals surface area contributed by atoms with Gasteiger partial charge in [0.05, 0.1) is 16.9 Å². The molecule has 1 aromatic carbocycles. The summed E-state index contributed by atoms with van der Waals surface area (Å²) in [6.45, 7) is 4.43. The molecule has 110 valence electrons. The third-order valence-electron chi connectivity index (χ3n) is 3.76. The van der Waals surface area contributed by atoms with Crippen LogP contribution in [0.3, 0.4) is 0 Å². The third-order valence-corrected chi connectivity index (χ3v) is 4.58. The van der Waals surface area contributed by atoms with Crippen molar-refractivity contribution in [2.24, 2.45) is 5.10 Å². The average Bonchev–Trinajstić information content (AvgIpc) is 2.42. The van der Waals surface area contributed by atoms with Crippen LogP contribution in [0.4, 0.5) is 0 Å². The second kappa shape index (κ2) is 6.65. The van der Waals surface area contributed by atoms with Crippen molar-refractivity contribution < 1.29 is 9.84 Å². The van der Waals surface area contributed by atoms with Gasteiger partial charge in [0.15, 0.2) is 11.5 Å². The number of rotatable bonds is 3. The zero-order valence-electron chi connectivity index (χ0n) is 12.1. The summed E-state index contributed by atoms with van der Waals surface area (Å²) in [6, 6.07) is 4.67. The molecular formula is C15H21IN2O2. The molecule has 0 spiro atoms. The maximum Gasteiger partial charge on any atom is 0.171 e. The van der Waals surface area contributed by atoms with E-state index >= 15 is 0 Å². The fourth-order valence-corrected chi connectivity index (χ4v) is 3.22. The van der Waals surface area contributed by atoms with Gasteiger partial charge >= 0.3 is 0 Å². The fraction of sp³-hybridized carbons (Fsp3) is 0.533. The number of benzene rings is 1. The first kappa shape index (κ1) is 15.4. The van der Waals surface area contributed by atoms with Gasteiger partial charge < -0.3 is 9.84 Å². The van der Waals surface area contributed by atoms with Gasteiger partial charge in [0.2, 0.25) is 0 Å². The van der Waals surface area contributed by atoms with Crippen molar-refractivity contribution in [3.05, 3.63) is 21.3 Å². The van der Waals surface area contributed by atoms with Crippen LogP contribution in [-0.4, -0.2) is 35.5 Å². The van der Waals surface area contributed by atoms with Gasteiger partial charge in [-0.25, -0.2) is 0 Å². The lowest BCUT2D eigenvalue weighted by Crippen LogP contribution is -2.39. The molecule has 20 heavy (non-hydrogen) atoms. The SMILES string of the molecule is COc1cc(/C=N/N2[C@H](C)CCC[C@H]2C)cc(I)c1O. The van der Waals surface area contributed by atoms with Gasteiger partial charge in [-0.2, -0.15) is 5.10 Å². The van der Waals surface area contributed by atoms with Crippen LogP contribution in [0.5, 0.6) is 11.5 Å². The zero-order chi connectivity index (χ0) is 14.7. The van der Waals surface area contributed by atoms with Crippen LogP contribution in [0.15, 0.2) is 17.2 Å². The second-order valence-electron chi connectivity index (χ2n) is 5.31. The van der Waals surface area contributed by atoms with Gasteiger partial charge in [-0.1, -0.05) is 0 Å². The molecule has 0 bridgehead atoms. The predicted molar refractivity (Wildman–Crippen MR) is 89.6 cm³/mol. The van der Waals surface area contributed by atoms with Crippen LogP contribution in [0.1, 0.15) is 38.7 Å². The molecule has 1 heterocycles. The molecule has 4 nitrogen and oxygen atoms in total. The quantitative estimate of drug-likeness (QED) is 0.636. The molecule has 0 radical (unpaired) electrons. The average molecular weight is 388 g/mol. The van der Waals surface area contributed by atoms with Crippen LogP contribution in [0, 0.1) is 3.57 Å². The molecule has 0 amide bonds. The van der Waals surface area contributed by atoms with Gasteiger partial charge in [0, 0.05) is 12.1 Å². The number of hydrazone groups is 1. The van der Waals surface area contributed by atoms with Crippen molar-refractivity contribution in [3.63, 3.8) is 0 Å². The molecule has 2 atom stereocenters. The van der Waals surface area contributed by atoms with E-state index in [0.29, 0.717) is 17.8 Å². The summed E-state index contributed by atoms with van der Waals surface area (Å²) < 4.78 is 5.94. The Hall–Kier alpha value is -0.980. The first-order valence-electron chi connectivity index (χ1n) is 6.91. The van der Waals surface area contributed by atoms with E-state index in [4.69, 9.17) is 4.74 Å². The highest BCUT2D eigenvalue weighted by molar-refractivity contribution is 14.1. The maximum atomic E-state index is 9.84. The molecule has 0 aliphatic carbocycles. The van der Waals surface area contributed by atoms with Gasteiger partial charge in [-0.3, -0.25) is 5.01 Å². The van der Waals surface area contributed by atoms with E-state index in [1.54, 1.807) is 13.2 Å². The summed E-state index contributed by atoms with van der Waals surface area (Å²) in [4.78, 5) is 0. The first-order chi connectivity index (χ1) is 9.52. The number of aromatic hydroxyl groups is 1. The van der Waals surface area contributed by atoms with Crippen molar-refractivity contribution in [1.29, 1.82) is 0 Å². The minimum atomic E-state index is 0.185. The van der Waals surface area contributed by atoms with E-state index in [1.807, 2.05) is 12.3 Å². The molecule has 2 rings (SSSR count). The number of nitrogens with zero attached hydrogens (tertiary/aromatic N) is 2. The monoisotopic (exact) mass is 388 g/mol. The summed E-state index contributed by atoms with van der Waals surface area (Å²) in [5.41, 5.74) is 0.939. The molecule has 1 N–H and O–H groups in total. The normalized spacial score (nSPS) is 23.3. The molecule has 0 unspecified atom stereocenters. The smallest absolute Gasteiger partial charge is 0.171 e. The van der Waals surface area contributed by atoms with E-state index in [0.717, 1.165) is 9.13 Å². The number of phenols is 1. The third kappa shape index (κ3) is 3.37. The van der Waals surface area contributed by atoms with Gasteiger partial charge in [-0.05, 0) is 73.4 Å². The van der Waals surface area contributed by atoms with Crippen molar-refractivity contribution in [1.82, 2.24) is 5.01 Å². The van der Waals surface area contributed by atoms with E-state index in [9.17, 15) is 5.11 Å². The van der Waals surface area contributed by atoms with Crippen LogP contribution in [-0.2, 0) is 0 Å². The van der Waals surface area contributed by atoms with E-state index in [2.05, 4.69) is 46.5 Å². The maximum absolute atomic E-state index is 9.84. The number of piperidine rings is 1. The molecule has 1 aromatic rings. The summed E-state index contributed by atoms with van der Waals surface area (Å²) >= 11 is 2.10. The molecular weight excluding hydrogens is 367 g/mol. The number of hydrogen-bond acceptors (Lipinski definition) is 4. The fourth-order valence-electron chi connectivity index (χ4n) is 2.59. The lowest BCUT2D eigenvalue weighted by molar-refractivity contribution is 0.109. The van der Waals surface area contributed by atoms with E-state index in [-0.39, 0.29) is 5.75 Å². The summed E-state index contributed by atoms with van der Waals surface area (Å²) in [6.07, 6.45) is 5.51. The Bertz CT molecular complexity index is 495. The Morgan fingerprint density at radius 3 is 2.60 bits per heavy atom. The number of ether oxygens (including phenoxy) is 1. The van der Waals surface area contributed by atoms with Crippen molar-refractivity contribution in [2.45, 2.75) is 45.2 Å². The molecule has 1 fully saturated rings. The lowest BCUT2D eigenvalue weighted by Gasteiger charge is -2.36. The molecule has 1 saturated heterocycles. The van der Waals surface area contributed by atoms with Crippen molar-refractivity contribution in [3.8, 4) is 11.5 Å². The summed E-state index contributed by atoms with van der Waals surface area (Å²) in [5, 5.41) is 16.6. The minimum absolute atomic E-state index is 0.185. The van der Waals surface area contributed by atoms with Gasteiger partial charge in [0.1, 0.15) is 0 Å². The topological polar surface area (TPSA) is 45.1 Å². The Kier molecular flexibility index (Phi) is 5.12. The van der Waals surface area contributed by atoms with Crippen LogP contribution in [0.25, 0.3) is 0 Å².